The zero-order chi connectivity index (χ0) is 19.8. The molecule has 0 aromatic heterocycles. The second-order valence-electron chi connectivity index (χ2n) is 6.17. The first kappa shape index (κ1) is 19.1. The predicted molar refractivity (Wildman–Crippen MR) is 102 cm³/mol. The first-order valence-electron chi connectivity index (χ1n) is 7.99. The zero-order valence-electron chi connectivity index (χ0n) is 14.3. The second-order valence-corrected chi connectivity index (χ2v) is 8.59. The topological polar surface area (TPSA) is 110 Å². The molecule has 142 valence electrons. The number of nitrogens with zero attached hydrogens (tertiary/aromatic N) is 2. The van der Waals surface area contributed by atoms with Crippen LogP contribution in [0.5, 0.6) is 0 Å². The number of halogens is 1. The van der Waals surface area contributed by atoms with Crippen molar-refractivity contribution in [2.24, 2.45) is 0 Å². The van der Waals surface area contributed by atoms with E-state index in [-0.39, 0.29) is 5.91 Å². The van der Waals surface area contributed by atoms with Crippen LogP contribution in [0.1, 0.15) is 6.42 Å². The number of carbonyl (C=O) groups is 1. The van der Waals surface area contributed by atoms with E-state index < -0.39 is 31.4 Å². The van der Waals surface area contributed by atoms with Crippen LogP contribution in [0.15, 0.2) is 47.4 Å². The molecule has 1 N–H and O–H groups in total. The summed E-state index contributed by atoms with van der Waals surface area (Å²) < 4.78 is 23.7. The van der Waals surface area contributed by atoms with Crippen LogP contribution in [-0.4, -0.2) is 38.1 Å². The molecule has 27 heavy (non-hydrogen) atoms. The summed E-state index contributed by atoms with van der Waals surface area (Å²) in [4.78, 5) is 24.2. The molecule has 0 radical (unpaired) electrons. The van der Waals surface area contributed by atoms with Crippen molar-refractivity contribution in [2.75, 3.05) is 23.0 Å². The molecule has 0 spiro atoms. The van der Waals surface area contributed by atoms with E-state index in [2.05, 4.69) is 5.32 Å². The molecular formula is C17H16ClN3O5S. The highest BCUT2D eigenvalue weighted by Crippen LogP contribution is 2.29. The van der Waals surface area contributed by atoms with Crippen LogP contribution in [0.3, 0.4) is 0 Å². The standard InChI is InChI=1S/C17H16ClN3O5S/c1-27(25,26)16-10-12(5-6-15(16)21(23)24)19-14-7-8-20(17(14)22)13-4-2-3-11(18)9-13/h2-6,9-10,14,19H,7-8H2,1H3. The van der Waals surface area contributed by atoms with Gasteiger partial charge < -0.3 is 10.2 Å². The lowest BCUT2D eigenvalue weighted by Gasteiger charge is -2.18. The minimum Gasteiger partial charge on any atom is -0.374 e. The van der Waals surface area contributed by atoms with E-state index in [9.17, 15) is 23.3 Å². The minimum absolute atomic E-state index is 0.184. The lowest BCUT2D eigenvalue weighted by Crippen LogP contribution is -2.33. The molecule has 8 nitrogen and oxygen atoms in total. The first-order chi connectivity index (χ1) is 12.7. The maximum atomic E-state index is 12.7. The van der Waals surface area contributed by atoms with E-state index in [0.29, 0.717) is 29.4 Å². The van der Waals surface area contributed by atoms with Crippen LogP contribution in [0.25, 0.3) is 0 Å². The highest BCUT2D eigenvalue weighted by molar-refractivity contribution is 7.90. The van der Waals surface area contributed by atoms with Crippen LogP contribution in [0, 0.1) is 10.1 Å². The summed E-state index contributed by atoms with van der Waals surface area (Å²) in [5.74, 6) is -0.184. The van der Waals surface area contributed by atoms with Gasteiger partial charge in [0, 0.05) is 35.3 Å². The number of nitro benzene ring substituents is 1. The Morgan fingerprint density at radius 3 is 2.63 bits per heavy atom. The van der Waals surface area contributed by atoms with Crippen LogP contribution >= 0.6 is 11.6 Å². The van der Waals surface area contributed by atoms with Crippen LogP contribution in [-0.2, 0) is 14.6 Å². The van der Waals surface area contributed by atoms with Gasteiger partial charge in [-0.3, -0.25) is 14.9 Å². The van der Waals surface area contributed by atoms with Crippen LogP contribution in [0.4, 0.5) is 17.1 Å². The summed E-state index contributed by atoms with van der Waals surface area (Å²) >= 11 is 5.97. The summed E-state index contributed by atoms with van der Waals surface area (Å²) in [6.45, 7) is 0.475. The Morgan fingerprint density at radius 1 is 1.26 bits per heavy atom. The Labute approximate surface area is 160 Å². The number of sulfone groups is 1. The summed E-state index contributed by atoms with van der Waals surface area (Å²) in [6.07, 6.45) is 1.40. The number of carbonyl (C=O) groups excluding carboxylic acids is 1. The van der Waals surface area contributed by atoms with E-state index in [1.165, 1.54) is 12.1 Å². The fraction of sp³-hybridized carbons (Fsp3) is 0.235. The molecule has 2 aromatic rings. The third-order valence-corrected chi connectivity index (χ3v) is 5.58. The van der Waals surface area contributed by atoms with Gasteiger partial charge in [-0.15, -0.1) is 0 Å². The Morgan fingerprint density at radius 2 is 2.00 bits per heavy atom. The third kappa shape index (κ3) is 4.04. The van der Waals surface area contributed by atoms with Crippen molar-refractivity contribution in [3.8, 4) is 0 Å². The highest BCUT2D eigenvalue weighted by atomic mass is 35.5. The lowest BCUT2D eigenvalue weighted by atomic mass is 10.2. The first-order valence-corrected chi connectivity index (χ1v) is 10.3. The maximum Gasteiger partial charge on any atom is 0.288 e. The van der Waals surface area contributed by atoms with Gasteiger partial charge in [0.2, 0.25) is 5.91 Å². The van der Waals surface area contributed by atoms with Gasteiger partial charge in [-0.1, -0.05) is 17.7 Å². The van der Waals surface area contributed by atoms with Crippen molar-refractivity contribution in [3.63, 3.8) is 0 Å². The van der Waals surface area contributed by atoms with Gasteiger partial charge in [0.05, 0.1) is 4.92 Å². The molecule has 0 aliphatic carbocycles. The van der Waals surface area contributed by atoms with Gasteiger partial charge >= 0.3 is 0 Å². The fourth-order valence-electron chi connectivity index (χ4n) is 2.97. The monoisotopic (exact) mass is 409 g/mol. The average Bonchev–Trinajstić information content (AvgIpc) is 2.94. The van der Waals surface area contributed by atoms with E-state index in [1.54, 1.807) is 29.2 Å². The Hall–Kier alpha value is -2.65. The molecule has 1 atom stereocenters. The summed E-state index contributed by atoms with van der Waals surface area (Å²) in [7, 11) is -3.80. The van der Waals surface area contributed by atoms with E-state index in [4.69, 9.17) is 11.6 Å². The number of nitrogens with one attached hydrogen (secondary N) is 1. The molecule has 1 aliphatic rings. The fourth-order valence-corrected chi connectivity index (χ4v) is 4.02. The van der Waals surface area contributed by atoms with Crippen molar-refractivity contribution < 1.29 is 18.1 Å². The number of hydrogen-bond acceptors (Lipinski definition) is 6. The number of amides is 1. The normalized spacial score (nSPS) is 17.2. The van der Waals surface area contributed by atoms with Gasteiger partial charge in [-0.05, 0) is 36.8 Å². The molecule has 3 rings (SSSR count). The lowest BCUT2D eigenvalue weighted by molar-refractivity contribution is -0.387. The zero-order valence-corrected chi connectivity index (χ0v) is 15.8. The summed E-state index contributed by atoms with van der Waals surface area (Å²) in [6, 6.07) is 10.1. The largest absolute Gasteiger partial charge is 0.374 e. The van der Waals surface area contributed by atoms with Gasteiger partial charge in [-0.2, -0.15) is 0 Å². The highest BCUT2D eigenvalue weighted by Gasteiger charge is 2.33. The van der Waals surface area contributed by atoms with Crippen molar-refractivity contribution in [1.29, 1.82) is 0 Å². The second kappa shape index (κ2) is 7.16. The molecule has 2 aromatic carbocycles. The summed E-state index contributed by atoms with van der Waals surface area (Å²) in [5, 5.41) is 14.5. The number of hydrogen-bond donors (Lipinski definition) is 1. The number of benzene rings is 2. The number of nitro groups is 1. The van der Waals surface area contributed by atoms with Crippen molar-refractivity contribution in [1.82, 2.24) is 0 Å². The molecule has 1 fully saturated rings. The molecule has 1 heterocycles. The number of rotatable bonds is 5. The summed E-state index contributed by atoms with van der Waals surface area (Å²) in [5.41, 5.74) is 0.506. The molecule has 1 aliphatic heterocycles. The van der Waals surface area contributed by atoms with E-state index in [1.807, 2.05) is 0 Å². The molecular weight excluding hydrogens is 394 g/mol. The molecule has 0 bridgehead atoms. The molecule has 0 saturated carbocycles. The van der Waals surface area contributed by atoms with E-state index in [0.717, 1.165) is 12.3 Å². The maximum absolute atomic E-state index is 12.7. The van der Waals surface area contributed by atoms with Crippen molar-refractivity contribution >= 4 is 44.4 Å². The third-order valence-electron chi connectivity index (χ3n) is 4.22. The average molecular weight is 410 g/mol. The predicted octanol–water partition coefficient (Wildman–Crippen LogP) is 2.87. The number of anilines is 2. The van der Waals surface area contributed by atoms with Crippen molar-refractivity contribution in [2.45, 2.75) is 17.4 Å². The van der Waals surface area contributed by atoms with Crippen LogP contribution in [0.2, 0.25) is 5.02 Å². The quantitative estimate of drug-likeness (QED) is 0.600. The van der Waals surface area contributed by atoms with Gasteiger partial charge in [-0.25, -0.2) is 8.42 Å². The Balaban J connectivity index is 1.84. The van der Waals surface area contributed by atoms with Crippen LogP contribution < -0.4 is 10.2 Å². The van der Waals surface area contributed by atoms with E-state index >= 15 is 0 Å². The molecule has 1 amide bonds. The van der Waals surface area contributed by atoms with Crippen molar-refractivity contribution in [3.05, 3.63) is 57.6 Å². The minimum atomic E-state index is -3.80. The Bertz CT molecular complexity index is 1020. The van der Waals surface area contributed by atoms with Gasteiger partial charge in [0.1, 0.15) is 10.9 Å². The van der Waals surface area contributed by atoms with Gasteiger partial charge in [0.25, 0.3) is 5.69 Å². The molecule has 1 saturated heterocycles. The Kier molecular flexibility index (Phi) is 5.07. The molecule has 10 heteroatoms. The van der Waals surface area contributed by atoms with Gasteiger partial charge in [0.15, 0.2) is 9.84 Å². The SMILES string of the molecule is CS(=O)(=O)c1cc(NC2CCN(c3cccc(Cl)c3)C2=O)ccc1[N+](=O)[O-]. The molecule has 1 unspecified atom stereocenters. The smallest absolute Gasteiger partial charge is 0.288 e.